The first kappa shape index (κ1) is 13.4. The Balaban J connectivity index is 1.96. The molecule has 0 bridgehead atoms. The van der Waals surface area contributed by atoms with E-state index in [1.807, 2.05) is 10.6 Å². The number of alkyl halides is 3. The summed E-state index contributed by atoms with van der Waals surface area (Å²) in [5, 5.41) is 10.3. The van der Waals surface area contributed by atoms with E-state index in [9.17, 15) is 18.3 Å². The van der Waals surface area contributed by atoms with Crippen LogP contribution >= 0.6 is 0 Å². The second-order valence-corrected chi connectivity index (χ2v) is 4.47. The van der Waals surface area contributed by atoms with Gasteiger partial charge in [0.25, 0.3) is 0 Å². The van der Waals surface area contributed by atoms with Crippen LogP contribution in [-0.2, 0) is 0 Å². The predicted molar refractivity (Wildman–Crippen MR) is 71.6 cm³/mol. The maximum atomic E-state index is 12.1. The number of halogens is 3. The van der Waals surface area contributed by atoms with Crippen LogP contribution in [-0.4, -0.2) is 16.0 Å². The molecule has 0 spiro atoms. The van der Waals surface area contributed by atoms with Crippen LogP contribution in [0.15, 0.2) is 54.7 Å². The summed E-state index contributed by atoms with van der Waals surface area (Å²) in [5.74, 6) is -0.102. The number of rotatable bonds is 2. The monoisotopic (exact) mass is 293 g/mol. The van der Waals surface area contributed by atoms with Crippen LogP contribution in [0, 0.1) is 0 Å². The van der Waals surface area contributed by atoms with Crippen molar-refractivity contribution in [2.24, 2.45) is 0 Å². The van der Waals surface area contributed by atoms with Crippen molar-refractivity contribution in [2.75, 3.05) is 0 Å². The maximum absolute atomic E-state index is 12.1. The van der Waals surface area contributed by atoms with Crippen LogP contribution in [0.1, 0.15) is 0 Å². The highest BCUT2D eigenvalue weighted by molar-refractivity contribution is 5.83. The summed E-state index contributed by atoms with van der Waals surface area (Å²) in [7, 11) is 0. The van der Waals surface area contributed by atoms with Gasteiger partial charge in [-0.05, 0) is 48.5 Å². The van der Waals surface area contributed by atoms with E-state index in [2.05, 4.69) is 4.74 Å². The molecule has 0 saturated carbocycles. The van der Waals surface area contributed by atoms with Crippen LogP contribution < -0.4 is 4.74 Å². The molecular weight excluding hydrogens is 283 g/mol. The fraction of sp³-hybridized carbons (Fsp3) is 0.0667. The van der Waals surface area contributed by atoms with Gasteiger partial charge in [0.05, 0.1) is 5.52 Å². The summed E-state index contributed by atoms with van der Waals surface area (Å²) in [5.41, 5.74) is 1.54. The van der Waals surface area contributed by atoms with Crippen molar-refractivity contribution in [3.05, 3.63) is 54.7 Å². The Morgan fingerprint density at radius 1 is 0.952 bits per heavy atom. The molecule has 0 aliphatic heterocycles. The van der Waals surface area contributed by atoms with Crippen molar-refractivity contribution in [1.82, 2.24) is 4.57 Å². The standard InChI is InChI=1S/C15H10F3NO2/c16-15(17,18)21-13-4-1-11(2-5-13)19-8-7-10-9-12(20)3-6-14(10)19/h1-9,20H. The number of aromatic nitrogens is 1. The molecular formula is C15H10F3NO2. The Hall–Kier alpha value is -2.63. The Morgan fingerprint density at radius 2 is 1.67 bits per heavy atom. The minimum Gasteiger partial charge on any atom is -0.508 e. The third-order valence-electron chi connectivity index (χ3n) is 3.02. The second kappa shape index (κ2) is 4.73. The van der Waals surface area contributed by atoms with Crippen LogP contribution in [0.5, 0.6) is 11.5 Å². The molecule has 108 valence electrons. The molecule has 1 heterocycles. The van der Waals surface area contributed by atoms with Crippen LogP contribution in [0.4, 0.5) is 13.2 Å². The fourth-order valence-corrected chi connectivity index (χ4v) is 2.16. The van der Waals surface area contributed by atoms with Crippen LogP contribution in [0.25, 0.3) is 16.6 Å². The lowest BCUT2D eigenvalue weighted by molar-refractivity contribution is -0.274. The van der Waals surface area contributed by atoms with Gasteiger partial charge in [-0.3, -0.25) is 0 Å². The minimum atomic E-state index is -4.70. The normalized spacial score (nSPS) is 11.8. The highest BCUT2D eigenvalue weighted by atomic mass is 19.4. The van der Waals surface area contributed by atoms with Gasteiger partial charge in [0, 0.05) is 17.3 Å². The van der Waals surface area contributed by atoms with Crippen molar-refractivity contribution in [3.63, 3.8) is 0 Å². The zero-order valence-electron chi connectivity index (χ0n) is 10.6. The molecule has 0 fully saturated rings. The third-order valence-corrected chi connectivity index (χ3v) is 3.02. The number of phenols is 1. The largest absolute Gasteiger partial charge is 0.573 e. The second-order valence-electron chi connectivity index (χ2n) is 4.47. The zero-order valence-corrected chi connectivity index (χ0v) is 10.6. The van der Waals surface area contributed by atoms with Crippen molar-refractivity contribution < 1.29 is 23.0 Å². The average Bonchev–Trinajstić information content (AvgIpc) is 2.80. The Morgan fingerprint density at radius 3 is 2.33 bits per heavy atom. The van der Waals surface area contributed by atoms with Crippen molar-refractivity contribution in [2.45, 2.75) is 6.36 Å². The molecule has 0 amide bonds. The first-order chi connectivity index (χ1) is 9.92. The molecule has 1 aromatic heterocycles. The molecule has 1 N–H and O–H groups in total. The Bertz CT molecular complexity index is 776. The van der Waals surface area contributed by atoms with E-state index in [0.29, 0.717) is 5.69 Å². The van der Waals surface area contributed by atoms with Gasteiger partial charge in [-0.2, -0.15) is 0 Å². The van der Waals surface area contributed by atoms with E-state index in [1.165, 1.54) is 24.3 Å². The Kier molecular flexibility index (Phi) is 3.01. The molecule has 21 heavy (non-hydrogen) atoms. The molecule has 3 nitrogen and oxygen atoms in total. The molecule has 3 rings (SSSR count). The highest BCUT2D eigenvalue weighted by Gasteiger charge is 2.30. The smallest absolute Gasteiger partial charge is 0.508 e. The topological polar surface area (TPSA) is 34.4 Å². The third kappa shape index (κ3) is 2.79. The van der Waals surface area contributed by atoms with E-state index in [-0.39, 0.29) is 11.5 Å². The molecule has 6 heteroatoms. The van der Waals surface area contributed by atoms with E-state index >= 15 is 0 Å². The van der Waals surface area contributed by atoms with Crippen molar-refractivity contribution in [3.8, 4) is 17.2 Å². The van der Waals surface area contributed by atoms with E-state index in [0.717, 1.165) is 10.9 Å². The van der Waals surface area contributed by atoms with Crippen molar-refractivity contribution >= 4 is 10.9 Å². The van der Waals surface area contributed by atoms with Gasteiger partial charge in [-0.1, -0.05) is 0 Å². The molecule has 0 aliphatic carbocycles. The van der Waals surface area contributed by atoms with Gasteiger partial charge >= 0.3 is 6.36 Å². The molecule has 0 saturated heterocycles. The van der Waals surface area contributed by atoms with Gasteiger partial charge < -0.3 is 14.4 Å². The SMILES string of the molecule is Oc1ccc2c(ccn2-c2ccc(OC(F)(F)F)cc2)c1. The first-order valence-electron chi connectivity index (χ1n) is 6.09. The minimum absolute atomic E-state index is 0.161. The number of fused-ring (bicyclic) bond motifs is 1. The van der Waals surface area contributed by atoms with Gasteiger partial charge in [0.2, 0.25) is 0 Å². The lowest BCUT2D eigenvalue weighted by atomic mass is 10.2. The number of phenolic OH excluding ortho intramolecular Hbond substituents is 1. The molecule has 2 aromatic carbocycles. The number of aromatic hydroxyl groups is 1. The summed E-state index contributed by atoms with van der Waals surface area (Å²) >= 11 is 0. The number of nitrogens with zero attached hydrogens (tertiary/aromatic N) is 1. The molecule has 3 aromatic rings. The summed E-state index contributed by atoms with van der Waals surface area (Å²) in [6.45, 7) is 0. The van der Waals surface area contributed by atoms with E-state index < -0.39 is 6.36 Å². The molecule has 0 unspecified atom stereocenters. The van der Waals surface area contributed by atoms with E-state index in [1.54, 1.807) is 24.4 Å². The maximum Gasteiger partial charge on any atom is 0.573 e. The van der Waals surface area contributed by atoms with E-state index in [4.69, 9.17) is 0 Å². The quantitative estimate of drug-likeness (QED) is 0.767. The lowest BCUT2D eigenvalue weighted by Gasteiger charge is -2.10. The predicted octanol–water partition coefficient (Wildman–Crippen LogP) is 4.23. The number of hydrogen-bond acceptors (Lipinski definition) is 2. The van der Waals surface area contributed by atoms with Gasteiger partial charge in [-0.15, -0.1) is 13.2 Å². The summed E-state index contributed by atoms with van der Waals surface area (Å²) < 4.78 is 42.0. The van der Waals surface area contributed by atoms with Crippen LogP contribution in [0.2, 0.25) is 0 Å². The van der Waals surface area contributed by atoms with Gasteiger partial charge in [0.1, 0.15) is 11.5 Å². The molecule has 0 aliphatic rings. The van der Waals surface area contributed by atoms with Crippen LogP contribution in [0.3, 0.4) is 0 Å². The first-order valence-corrected chi connectivity index (χ1v) is 6.09. The lowest BCUT2D eigenvalue weighted by Crippen LogP contribution is -2.17. The molecule has 0 radical (unpaired) electrons. The summed E-state index contributed by atoms with van der Waals surface area (Å²) in [4.78, 5) is 0. The number of hydrogen-bond donors (Lipinski definition) is 1. The van der Waals surface area contributed by atoms with Crippen molar-refractivity contribution in [1.29, 1.82) is 0 Å². The Labute approximate surface area is 117 Å². The average molecular weight is 293 g/mol. The number of benzene rings is 2. The fourth-order valence-electron chi connectivity index (χ4n) is 2.16. The summed E-state index contributed by atoms with van der Waals surface area (Å²) in [6, 6.07) is 12.3. The summed E-state index contributed by atoms with van der Waals surface area (Å²) in [6.07, 6.45) is -2.91. The van der Waals surface area contributed by atoms with Gasteiger partial charge in [0.15, 0.2) is 0 Å². The zero-order chi connectivity index (χ0) is 15.0. The molecule has 0 atom stereocenters. The number of ether oxygens (including phenoxy) is 1. The van der Waals surface area contributed by atoms with Gasteiger partial charge in [-0.25, -0.2) is 0 Å². The highest BCUT2D eigenvalue weighted by Crippen LogP contribution is 2.27.